The van der Waals surface area contributed by atoms with E-state index in [1.54, 1.807) is 0 Å². The van der Waals surface area contributed by atoms with Crippen molar-refractivity contribution < 1.29 is 4.74 Å². The van der Waals surface area contributed by atoms with Gasteiger partial charge in [0, 0.05) is 31.6 Å². The van der Waals surface area contributed by atoms with Crippen LogP contribution in [0.3, 0.4) is 0 Å². The minimum absolute atomic E-state index is 0.483. The van der Waals surface area contributed by atoms with E-state index in [2.05, 4.69) is 4.90 Å². The highest BCUT2D eigenvalue weighted by Gasteiger charge is 2.33. The van der Waals surface area contributed by atoms with Gasteiger partial charge < -0.3 is 4.74 Å². The highest BCUT2D eigenvalue weighted by molar-refractivity contribution is 6.18. The van der Waals surface area contributed by atoms with Crippen molar-refractivity contribution in [2.24, 2.45) is 0 Å². The lowest BCUT2D eigenvalue weighted by Crippen LogP contribution is -2.50. The smallest absolute Gasteiger partial charge is 0.0586 e. The van der Waals surface area contributed by atoms with E-state index in [1.807, 2.05) is 7.11 Å². The summed E-state index contributed by atoms with van der Waals surface area (Å²) in [6.07, 6.45) is 9.76. The van der Waals surface area contributed by atoms with E-state index < -0.39 is 0 Å². The summed E-state index contributed by atoms with van der Waals surface area (Å²) in [5, 5.41) is 0. The van der Waals surface area contributed by atoms with E-state index in [-0.39, 0.29) is 0 Å². The Hall–Kier alpha value is 0.210. The van der Waals surface area contributed by atoms with Crippen molar-refractivity contribution in [3.05, 3.63) is 0 Å². The van der Waals surface area contributed by atoms with Crippen molar-refractivity contribution in [2.75, 3.05) is 19.5 Å². The van der Waals surface area contributed by atoms with Crippen LogP contribution >= 0.6 is 11.6 Å². The highest BCUT2D eigenvalue weighted by atomic mass is 35.5. The largest absolute Gasteiger partial charge is 0.381 e. The summed E-state index contributed by atoms with van der Waals surface area (Å²) in [6.45, 7) is 1.06. The first-order chi connectivity index (χ1) is 7.85. The molecule has 2 aliphatic rings. The highest BCUT2D eigenvalue weighted by Crippen LogP contribution is 2.32. The lowest BCUT2D eigenvalue weighted by molar-refractivity contribution is 0.00222. The van der Waals surface area contributed by atoms with Crippen LogP contribution < -0.4 is 0 Å². The average molecular weight is 246 g/mol. The number of nitrogens with zero attached hydrogens (tertiary/aromatic N) is 1. The van der Waals surface area contributed by atoms with E-state index in [4.69, 9.17) is 16.3 Å². The van der Waals surface area contributed by atoms with Crippen LogP contribution in [0.4, 0.5) is 0 Å². The minimum atomic E-state index is 0.483. The summed E-state index contributed by atoms with van der Waals surface area (Å²) in [4.78, 5) is 2.67. The third kappa shape index (κ3) is 2.91. The van der Waals surface area contributed by atoms with Gasteiger partial charge in [0.15, 0.2) is 0 Å². The molecule has 0 amide bonds. The predicted molar refractivity (Wildman–Crippen MR) is 68.1 cm³/mol. The van der Waals surface area contributed by atoms with E-state index in [1.165, 1.54) is 44.9 Å². The minimum Gasteiger partial charge on any atom is -0.381 e. The van der Waals surface area contributed by atoms with Gasteiger partial charge in [-0.3, -0.25) is 4.90 Å². The Morgan fingerprint density at radius 2 is 1.81 bits per heavy atom. The van der Waals surface area contributed by atoms with E-state index in [9.17, 15) is 0 Å². The molecule has 0 aromatic carbocycles. The van der Waals surface area contributed by atoms with Gasteiger partial charge >= 0.3 is 0 Å². The second-order valence-corrected chi connectivity index (χ2v) is 5.57. The topological polar surface area (TPSA) is 12.5 Å². The SMILES string of the molecule is COC1CCCC(N(CCCl)C2CCC2)C1. The summed E-state index contributed by atoms with van der Waals surface area (Å²) < 4.78 is 5.52. The summed E-state index contributed by atoms with van der Waals surface area (Å²) in [6, 6.07) is 1.54. The van der Waals surface area contributed by atoms with Crippen LogP contribution in [0.1, 0.15) is 44.9 Å². The molecule has 0 aromatic heterocycles. The maximum atomic E-state index is 5.94. The summed E-state index contributed by atoms with van der Waals surface area (Å²) >= 11 is 5.94. The quantitative estimate of drug-likeness (QED) is 0.691. The molecule has 0 aliphatic heterocycles. The first kappa shape index (κ1) is 12.7. The Morgan fingerprint density at radius 3 is 2.38 bits per heavy atom. The zero-order chi connectivity index (χ0) is 11.4. The van der Waals surface area contributed by atoms with Crippen LogP contribution in [0.15, 0.2) is 0 Å². The monoisotopic (exact) mass is 245 g/mol. The third-order valence-corrected chi connectivity index (χ3v) is 4.46. The maximum absolute atomic E-state index is 5.94. The van der Waals surface area contributed by atoms with Gasteiger partial charge in [-0.2, -0.15) is 0 Å². The zero-order valence-corrected chi connectivity index (χ0v) is 11.1. The molecule has 2 saturated carbocycles. The molecule has 2 nitrogen and oxygen atoms in total. The number of alkyl halides is 1. The number of hydrogen-bond acceptors (Lipinski definition) is 2. The van der Waals surface area contributed by atoms with Gasteiger partial charge in [-0.15, -0.1) is 11.6 Å². The van der Waals surface area contributed by atoms with Crippen molar-refractivity contribution in [1.29, 1.82) is 0 Å². The molecule has 0 spiro atoms. The zero-order valence-electron chi connectivity index (χ0n) is 10.3. The Kier molecular flexibility index (Phi) is 4.93. The third-order valence-electron chi connectivity index (χ3n) is 4.29. The summed E-state index contributed by atoms with van der Waals surface area (Å²) in [7, 11) is 1.85. The second-order valence-electron chi connectivity index (χ2n) is 5.19. The number of hydrogen-bond donors (Lipinski definition) is 0. The van der Waals surface area contributed by atoms with Gasteiger partial charge in [0.1, 0.15) is 0 Å². The molecular formula is C13H24ClNO. The van der Waals surface area contributed by atoms with Gasteiger partial charge in [-0.25, -0.2) is 0 Å². The van der Waals surface area contributed by atoms with Crippen LogP contribution in [-0.2, 0) is 4.74 Å². The molecule has 0 saturated heterocycles. The molecule has 0 N–H and O–H groups in total. The van der Waals surface area contributed by atoms with Gasteiger partial charge in [0.2, 0.25) is 0 Å². The number of ether oxygens (including phenoxy) is 1. The van der Waals surface area contributed by atoms with E-state index in [0.717, 1.165) is 24.5 Å². The first-order valence-corrected chi connectivity index (χ1v) is 7.23. The first-order valence-electron chi connectivity index (χ1n) is 6.69. The molecule has 0 aromatic rings. The lowest BCUT2D eigenvalue weighted by atomic mass is 9.85. The standard InChI is InChI=1S/C13H24ClNO/c1-16-13-7-3-6-12(10-13)15(9-8-14)11-4-2-5-11/h11-13H,2-10H2,1H3. The molecule has 0 bridgehead atoms. The Labute approximate surface area is 104 Å². The molecular weight excluding hydrogens is 222 g/mol. The molecule has 3 heteroatoms. The van der Waals surface area contributed by atoms with Crippen molar-refractivity contribution in [3.8, 4) is 0 Å². The second kappa shape index (κ2) is 6.23. The van der Waals surface area contributed by atoms with Crippen molar-refractivity contribution in [1.82, 2.24) is 4.90 Å². The molecule has 0 heterocycles. The van der Waals surface area contributed by atoms with Gasteiger partial charge in [-0.1, -0.05) is 6.42 Å². The normalized spacial score (nSPS) is 31.7. The molecule has 2 fully saturated rings. The lowest BCUT2D eigenvalue weighted by Gasteiger charge is -2.45. The number of methoxy groups -OCH3 is 1. The van der Waals surface area contributed by atoms with Crippen LogP contribution in [0.25, 0.3) is 0 Å². The molecule has 2 rings (SSSR count). The fraction of sp³-hybridized carbons (Fsp3) is 1.00. The van der Waals surface area contributed by atoms with Gasteiger partial charge in [0.25, 0.3) is 0 Å². The summed E-state index contributed by atoms with van der Waals surface area (Å²) in [5.41, 5.74) is 0. The van der Waals surface area contributed by atoms with E-state index in [0.29, 0.717) is 6.10 Å². The molecule has 94 valence electrons. The molecule has 2 unspecified atom stereocenters. The van der Waals surface area contributed by atoms with Crippen LogP contribution in [0.5, 0.6) is 0 Å². The Balaban J connectivity index is 1.90. The molecule has 2 aliphatic carbocycles. The molecule has 2 atom stereocenters. The fourth-order valence-electron chi connectivity index (χ4n) is 3.11. The summed E-state index contributed by atoms with van der Waals surface area (Å²) in [5.74, 6) is 0.769. The van der Waals surface area contributed by atoms with Crippen molar-refractivity contribution >= 4 is 11.6 Å². The molecule has 0 radical (unpaired) electrons. The van der Waals surface area contributed by atoms with Crippen LogP contribution in [0, 0.1) is 0 Å². The maximum Gasteiger partial charge on any atom is 0.0586 e. The number of halogens is 1. The average Bonchev–Trinajstić information content (AvgIpc) is 2.26. The predicted octanol–water partition coefficient (Wildman–Crippen LogP) is 3.04. The number of rotatable bonds is 5. The van der Waals surface area contributed by atoms with Gasteiger partial charge in [0.05, 0.1) is 6.10 Å². The van der Waals surface area contributed by atoms with Crippen molar-refractivity contribution in [3.63, 3.8) is 0 Å². The Bertz CT molecular complexity index is 208. The van der Waals surface area contributed by atoms with Crippen LogP contribution in [0.2, 0.25) is 0 Å². The Morgan fingerprint density at radius 1 is 1.12 bits per heavy atom. The van der Waals surface area contributed by atoms with Gasteiger partial charge in [-0.05, 0) is 38.5 Å². The van der Waals surface area contributed by atoms with E-state index >= 15 is 0 Å². The molecule has 16 heavy (non-hydrogen) atoms. The van der Waals surface area contributed by atoms with Crippen molar-refractivity contribution in [2.45, 2.75) is 63.1 Å². The van der Waals surface area contributed by atoms with Crippen LogP contribution in [-0.4, -0.2) is 42.6 Å². The fourth-order valence-corrected chi connectivity index (χ4v) is 3.31.